The van der Waals surface area contributed by atoms with Crippen LogP contribution in [0.2, 0.25) is 0 Å². The number of nitrogen functional groups attached to an aromatic ring is 1. The van der Waals surface area contributed by atoms with E-state index in [2.05, 4.69) is 15.3 Å². The van der Waals surface area contributed by atoms with Crippen molar-refractivity contribution in [2.24, 2.45) is 0 Å². The molecule has 7 nitrogen and oxygen atoms in total. The second-order valence-electron chi connectivity index (χ2n) is 8.88. The minimum absolute atomic E-state index is 0.00185. The van der Waals surface area contributed by atoms with Crippen LogP contribution in [0.1, 0.15) is 27.9 Å². The maximum atomic E-state index is 14.1. The van der Waals surface area contributed by atoms with Crippen molar-refractivity contribution in [3.63, 3.8) is 0 Å². The molecule has 0 radical (unpaired) electrons. The largest absolute Gasteiger partial charge is 0.383 e. The number of nitrogens with two attached hydrogens (primary N) is 1. The highest BCUT2D eigenvalue weighted by Crippen LogP contribution is 2.24. The Balaban J connectivity index is 1.59. The molecule has 0 bridgehead atoms. The summed E-state index contributed by atoms with van der Waals surface area (Å²) in [7, 11) is 0. The number of nitrogens with zero attached hydrogens (tertiary/aromatic N) is 3. The number of fused-ring (bicyclic) bond motifs is 1. The van der Waals surface area contributed by atoms with Gasteiger partial charge in [0, 0.05) is 16.6 Å². The molecule has 0 aliphatic heterocycles. The normalized spacial score (nSPS) is 11.0. The molecule has 4 N–H and O–H groups in total. The van der Waals surface area contributed by atoms with E-state index in [4.69, 9.17) is 11.1 Å². The lowest BCUT2D eigenvalue weighted by molar-refractivity contribution is 0.626. The molecule has 0 saturated heterocycles. The van der Waals surface area contributed by atoms with E-state index in [1.807, 2.05) is 61.5 Å². The molecule has 37 heavy (non-hydrogen) atoms. The van der Waals surface area contributed by atoms with Gasteiger partial charge in [-0.15, -0.1) is 0 Å². The molecule has 5 aromatic rings. The van der Waals surface area contributed by atoms with Crippen molar-refractivity contribution in [3.8, 4) is 5.69 Å². The zero-order valence-electron chi connectivity index (χ0n) is 20.4. The SMILES string of the molecule is Cc1cc(F)cc(C(=N)c2c(N)ncnc2NCc2cc3ccccc3c(=O)n2-c2ccccc2C)c1. The molecule has 0 unspecified atom stereocenters. The number of pyridine rings is 1. The van der Waals surface area contributed by atoms with Crippen LogP contribution in [0.15, 0.2) is 83.9 Å². The fourth-order valence-electron chi connectivity index (χ4n) is 4.50. The smallest absolute Gasteiger partial charge is 0.263 e. The molecule has 8 heteroatoms. The number of halogens is 1. The Morgan fingerprint density at radius 2 is 1.78 bits per heavy atom. The average Bonchev–Trinajstić information content (AvgIpc) is 2.87. The number of hydrogen-bond acceptors (Lipinski definition) is 6. The summed E-state index contributed by atoms with van der Waals surface area (Å²) in [5, 5.41) is 13.4. The van der Waals surface area contributed by atoms with Gasteiger partial charge in [0.25, 0.3) is 5.56 Å². The van der Waals surface area contributed by atoms with Crippen LogP contribution in [0, 0.1) is 25.1 Å². The standard InChI is InChI=1S/C29H25FN6O/c1-17-11-20(13-21(30)12-17)26(31)25-27(32)34-16-35-28(25)33-15-22-14-19-8-4-5-9-23(19)29(37)36(22)24-10-6-3-7-18(24)2/h3-14,16,31H,15H2,1-2H3,(H3,32,33,34,35). The number of rotatable bonds is 6. The highest BCUT2D eigenvalue weighted by atomic mass is 19.1. The van der Waals surface area contributed by atoms with Gasteiger partial charge in [-0.2, -0.15) is 0 Å². The zero-order chi connectivity index (χ0) is 26.1. The quantitative estimate of drug-likeness (QED) is 0.284. The fourth-order valence-corrected chi connectivity index (χ4v) is 4.50. The highest BCUT2D eigenvalue weighted by molar-refractivity contribution is 6.16. The molecule has 0 aliphatic rings. The summed E-state index contributed by atoms with van der Waals surface area (Å²) in [6, 6.07) is 21.5. The lowest BCUT2D eigenvalue weighted by Crippen LogP contribution is -2.24. The van der Waals surface area contributed by atoms with Crippen LogP contribution in [0.5, 0.6) is 0 Å². The van der Waals surface area contributed by atoms with Gasteiger partial charge in [-0.3, -0.25) is 14.8 Å². The number of nitrogens with one attached hydrogen (secondary N) is 2. The molecule has 184 valence electrons. The van der Waals surface area contributed by atoms with Crippen molar-refractivity contribution in [3.05, 3.63) is 123 Å². The summed E-state index contributed by atoms with van der Waals surface area (Å²) in [5.41, 5.74) is 9.78. The number of anilines is 2. The summed E-state index contributed by atoms with van der Waals surface area (Å²) in [6.45, 7) is 3.93. The third-order valence-electron chi connectivity index (χ3n) is 6.25. The number of hydrogen-bond donors (Lipinski definition) is 3. The Kier molecular flexibility index (Phi) is 6.23. The van der Waals surface area contributed by atoms with Gasteiger partial charge in [0.15, 0.2) is 0 Å². The maximum absolute atomic E-state index is 14.1. The number of para-hydroxylation sites is 1. The number of benzene rings is 3. The van der Waals surface area contributed by atoms with Gasteiger partial charge in [-0.1, -0.05) is 36.4 Å². The third-order valence-corrected chi connectivity index (χ3v) is 6.25. The Hall–Kier alpha value is -4.85. The Morgan fingerprint density at radius 3 is 2.57 bits per heavy atom. The maximum Gasteiger partial charge on any atom is 0.263 e. The minimum atomic E-state index is -0.442. The van der Waals surface area contributed by atoms with Crippen molar-refractivity contribution in [2.75, 3.05) is 11.1 Å². The summed E-state index contributed by atoms with van der Waals surface area (Å²) in [4.78, 5) is 22.0. The van der Waals surface area contributed by atoms with Crippen LogP contribution in [0.4, 0.5) is 16.0 Å². The van der Waals surface area contributed by atoms with E-state index >= 15 is 0 Å². The monoisotopic (exact) mass is 492 g/mol. The molecule has 2 heterocycles. The Labute approximate surface area is 213 Å². The molecular weight excluding hydrogens is 467 g/mol. The lowest BCUT2D eigenvalue weighted by Gasteiger charge is -2.18. The molecule has 0 amide bonds. The van der Waals surface area contributed by atoms with Gasteiger partial charge >= 0.3 is 0 Å². The molecule has 0 fully saturated rings. The third kappa shape index (κ3) is 4.56. The van der Waals surface area contributed by atoms with E-state index in [0.29, 0.717) is 28.0 Å². The molecule has 0 spiro atoms. The van der Waals surface area contributed by atoms with Gasteiger partial charge in [0.1, 0.15) is 23.8 Å². The van der Waals surface area contributed by atoms with E-state index in [9.17, 15) is 9.18 Å². The molecule has 3 aromatic carbocycles. The Morgan fingerprint density at radius 1 is 1.03 bits per heavy atom. The predicted octanol–water partition coefficient (Wildman–Crippen LogP) is 5.15. The van der Waals surface area contributed by atoms with E-state index in [1.165, 1.54) is 18.5 Å². The second-order valence-corrected chi connectivity index (χ2v) is 8.88. The van der Waals surface area contributed by atoms with Crippen LogP contribution < -0.4 is 16.6 Å². The van der Waals surface area contributed by atoms with Gasteiger partial charge in [0.05, 0.1) is 23.5 Å². The highest BCUT2D eigenvalue weighted by Gasteiger charge is 2.19. The summed E-state index contributed by atoms with van der Waals surface area (Å²) in [6.07, 6.45) is 1.31. The van der Waals surface area contributed by atoms with Gasteiger partial charge in [-0.25, -0.2) is 14.4 Å². The van der Waals surface area contributed by atoms with Crippen molar-refractivity contribution in [1.82, 2.24) is 14.5 Å². The first kappa shape index (κ1) is 23.9. The molecule has 0 atom stereocenters. The van der Waals surface area contributed by atoms with Gasteiger partial charge < -0.3 is 11.1 Å². The molecule has 0 saturated carbocycles. The molecule has 2 aromatic heterocycles. The first-order valence-corrected chi connectivity index (χ1v) is 11.7. The topological polar surface area (TPSA) is 110 Å². The van der Waals surface area contributed by atoms with Crippen molar-refractivity contribution >= 4 is 28.1 Å². The zero-order valence-corrected chi connectivity index (χ0v) is 20.4. The van der Waals surface area contributed by atoms with E-state index in [-0.39, 0.29) is 29.2 Å². The summed E-state index contributed by atoms with van der Waals surface area (Å²) < 4.78 is 15.8. The van der Waals surface area contributed by atoms with Crippen LogP contribution in [0.3, 0.4) is 0 Å². The van der Waals surface area contributed by atoms with E-state index in [1.54, 1.807) is 17.6 Å². The van der Waals surface area contributed by atoms with Crippen molar-refractivity contribution in [1.29, 1.82) is 5.41 Å². The first-order valence-electron chi connectivity index (χ1n) is 11.7. The van der Waals surface area contributed by atoms with E-state index < -0.39 is 5.82 Å². The minimum Gasteiger partial charge on any atom is -0.383 e. The summed E-state index contributed by atoms with van der Waals surface area (Å²) >= 11 is 0. The Bertz CT molecular complexity index is 1710. The summed E-state index contributed by atoms with van der Waals surface area (Å²) in [5.74, 6) is -0.0290. The van der Waals surface area contributed by atoms with Crippen molar-refractivity contribution in [2.45, 2.75) is 20.4 Å². The molecule has 0 aliphatic carbocycles. The number of aryl methyl sites for hydroxylation is 2. The second kappa shape index (κ2) is 9.66. The van der Waals surface area contributed by atoms with Crippen LogP contribution >= 0.6 is 0 Å². The predicted molar refractivity (Wildman–Crippen MR) is 145 cm³/mol. The first-order chi connectivity index (χ1) is 17.8. The molecular formula is C29H25FN6O. The number of aromatic nitrogens is 3. The van der Waals surface area contributed by atoms with Crippen LogP contribution in [-0.4, -0.2) is 20.2 Å². The van der Waals surface area contributed by atoms with Crippen LogP contribution in [-0.2, 0) is 6.54 Å². The van der Waals surface area contributed by atoms with Crippen molar-refractivity contribution < 1.29 is 4.39 Å². The molecule has 5 rings (SSSR count). The van der Waals surface area contributed by atoms with E-state index in [0.717, 1.165) is 16.6 Å². The fraction of sp³-hybridized carbons (Fsp3) is 0.103. The van der Waals surface area contributed by atoms with Crippen LogP contribution in [0.25, 0.3) is 16.5 Å². The van der Waals surface area contributed by atoms with Gasteiger partial charge in [-0.05, 0) is 66.8 Å². The lowest BCUT2D eigenvalue weighted by atomic mass is 10.0. The van der Waals surface area contributed by atoms with Gasteiger partial charge in [0.2, 0.25) is 0 Å². The average molecular weight is 493 g/mol.